The number of hydrogen-bond acceptors (Lipinski definition) is 5. The number of benzene rings is 2. The molecule has 7 heteroatoms. The van der Waals surface area contributed by atoms with E-state index < -0.39 is 0 Å². The first-order valence-electron chi connectivity index (χ1n) is 8.89. The highest BCUT2D eigenvalue weighted by Crippen LogP contribution is 2.22. The number of fused-ring (bicyclic) bond motifs is 1. The summed E-state index contributed by atoms with van der Waals surface area (Å²) < 4.78 is 13.0. The van der Waals surface area contributed by atoms with E-state index in [1.54, 1.807) is 19.2 Å². The molecule has 3 rings (SSSR count). The van der Waals surface area contributed by atoms with Gasteiger partial charge in [-0.25, -0.2) is 4.79 Å². The first kappa shape index (κ1) is 19.8. The van der Waals surface area contributed by atoms with Gasteiger partial charge in [0.1, 0.15) is 5.75 Å². The van der Waals surface area contributed by atoms with Crippen molar-refractivity contribution >= 4 is 33.4 Å². The predicted molar refractivity (Wildman–Crippen MR) is 109 cm³/mol. The molecule has 0 aliphatic carbocycles. The molecule has 0 spiro atoms. The minimum absolute atomic E-state index is 0.163. The molecule has 28 heavy (non-hydrogen) atoms. The fraction of sp³-hybridized carbons (Fsp3) is 0.286. The summed E-state index contributed by atoms with van der Waals surface area (Å²) in [5.41, 5.74) is 3.28. The number of carbonyl (C=O) groups is 2. The molecule has 146 valence electrons. The second kappa shape index (κ2) is 8.39. The molecule has 0 N–H and O–H groups in total. The summed E-state index contributed by atoms with van der Waals surface area (Å²) in [7, 11) is 2.94. The van der Waals surface area contributed by atoms with Crippen LogP contribution in [0, 0.1) is 6.92 Å². The molecular formula is C21H22N2O4S. The van der Waals surface area contributed by atoms with Crippen LogP contribution in [0.4, 0.5) is 0 Å². The lowest BCUT2D eigenvalue weighted by molar-refractivity contribution is -0.117. The Kier molecular flexibility index (Phi) is 5.94. The van der Waals surface area contributed by atoms with Gasteiger partial charge in [0.25, 0.3) is 5.91 Å². The van der Waals surface area contributed by atoms with Crippen LogP contribution in [0.25, 0.3) is 10.2 Å². The monoisotopic (exact) mass is 398 g/mol. The van der Waals surface area contributed by atoms with Crippen molar-refractivity contribution in [1.82, 2.24) is 4.57 Å². The molecule has 0 aliphatic heterocycles. The zero-order valence-corrected chi connectivity index (χ0v) is 17.1. The topological polar surface area (TPSA) is 69.9 Å². The minimum Gasteiger partial charge on any atom is -0.496 e. The number of carbonyl (C=O) groups excluding carboxylic acids is 2. The highest BCUT2D eigenvalue weighted by atomic mass is 32.1. The maximum Gasteiger partial charge on any atom is 0.337 e. The Morgan fingerprint density at radius 2 is 1.93 bits per heavy atom. The van der Waals surface area contributed by atoms with E-state index in [0.29, 0.717) is 22.7 Å². The van der Waals surface area contributed by atoms with E-state index in [2.05, 4.69) is 4.99 Å². The highest BCUT2D eigenvalue weighted by Gasteiger charge is 2.13. The molecular weight excluding hydrogens is 376 g/mol. The lowest BCUT2D eigenvalue weighted by Gasteiger charge is -2.07. The van der Waals surface area contributed by atoms with Gasteiger partial charge in [0, 0.05) is 12.1 Å². The van der Waals surface area contributed by atoms with Gasteiger partial charge in [-0.3, -0.25) is 4.79 Å². The number of thiazole rings is 1. The highest BCUT2D eigenvalue weighted by molar-refractivity contribution is 7.16. The summed E-state index contributed by atoms with van der Waals surface area (Å²) in [6.45, 7) is 4.63. The van der Waals surface area contributed by atoms with Crippen LogP contribution in [0.5, 0.6) is 5.75 Å². The second-order valence-corrected chi connectivity index (χ2v) is 7.31. The van der Waals surface area contributed by atoms with Gasteiger partial charge >= 0.3 is 5.97 Å². The standard InChI is InChI=1S/C21H22N2O4S/c1-5-23-16-8-7-14(20(25)27-4)11-18(16)28-21(23)22-19(24)12-15-10-13(2)6-9-17(15)26-3/h6-11H,5,12H2,1-4H3. The van der Waals surface area contributed by atoms with E-state index in [1.807, 2.05) is 42.7 Å². The van der Waals surface area contributed by atoms with Crippen molar-refractivity contribution in [1.29, 1.82) is 0 Å². The van der Waals surface area contributed by atoms with Gasteiger partial charge in [-0.1, -0.05) is 29.0 Å². The van der Waals surface area contributed by atoms with Gasteiger partial charge < -0.3 is 14.0 Å². The Morgan fingerprint density at radius 3 is 2.61 bits per heavy atom. The zero-order chi connectivity index (χ0) is 20.3. The number of amides is 1. The molecule has 0 unspecified atom stereocenters. The molecule has 0 atom stereocenters. The number of nitrogens with zero attached hydrogens (tertiary/aromatic N) is 2. The Hall–Kier alpha value is -2.93. The number of aromatic nitrogens is 1. The van der Waals surface area contributed by atoms with Crippen LogP contribution < -0.4 is 9.54 Å². The summed E-state index contributed by atoms with van der Waals surface area (Å²) >= 11 is 1.38. The fourth-order valence-electron chi connectivity index (χ4n) is 3.06. The van der Waals surface area contributed by atoms with Crippen LogP contribution in [0.3, 0.4) is 0 Å². The number of methoxy groups -OCH3 is 2. The predicted octanol–water partition coefficient (Wildman–Crippen LogP) is 3.50. The van der Waals surface area contributed by atoms with Crippen molar-refractivity contribution in [3.05, 3.63) is 57.9 Å². The number of aryl methyl sites for hydroxylation is 2. The van der Waals surface area contributed by atoms with E-state index in [-0.39, 0.29) is 18.3 Å². The van der Waals surface area contributed by atoms with Gasteiger partial charge in [0.05, 0.1) is 36.4 Å². The molecule has 1 amide bonds. The second-order valence-electron chi connectivity index (χ2n) is 6.30. The van der Waals surface area contributed by atoms with Crippen LogP contribution in [0.15, 0.2) is 41.4 Å². The normalized spacial score (nSPS) is 11.6. The van der Waals surface area contributed by atoms with Crippen LogP contribution in [-0.2, 0) is 22.5 Å². The van der Waals surface area contributed by atoms with E-state index >= 15 is 0 Å². The minimum atomic E-state index is -0.389. The van der Waals surface area contributed by atoms with Crippen molar-refractivity contribution in [3.8, 4) is 5.75 Å². The van der Waals surface area contributed by atoms with Gasteiger partial charge in [0.15, 0.2) is 4.80 Å². The number of esters is 1. The molecule has 0 radical (unpaired) electrons. The maximum atomic E-state index is 12.6. The van der Waals surface area contributed by atoms with Gasteiger partial charge in [-0.2, -0.15) is 4.99 Å². The number of rotatable bonds is 5. The average Bonchev–Trinajstić information content (AvgIpc) is 3.03. The summed E-state index contributed by atoms with van der Waals surface area (Å²) in [5.74, 6) is 0.0434. The third-order valence-electron chi connectivity index (χ3n) is 4.42. The molecule has 0 bridgehead atoms. The maximum absolute atomic E-state index is 12.6. The van der Waals surface area contributed by atoms with Gasteiger partial charge in [-0.15, -0.1) is 0 Å². The Labute approximate surface area is 167 Å². The summed E-state index contributed by atoms with van der Waals surface area (Å²) in [6, 6.07) is 11.1. The summed E-state index contributed by atoms with van der Waals surface area (Å²) in [6.07, 6.45) is 0.163. The fourth-order valence-corrected chi connectivity index (χ4v) is 4.21. The van der Waals surface area contributed by atoms with E-state index in [1.165, 1.54) is 18.4 Å². The molecule has 0 fully saturated rings. The Morgan fingerprint density at radius 1 is 1.14 bits per heavy atom. The van der Waals surface area contributed by atoms with Crippen molar-refractivity contribution in [2.24, 2.45) is 4.99 Å². The third kappa shape index (κ3) is 3.99. The molecule has 0 saturated carbocycles. The molecule has 6 nitrogen and oxygen atoms in total. The number of ether oxygens (including phenoxy) is 2. The van der Waals surface area contributed by atoms with Gasteiger partial charge in [-0.05, 0) is 38.1 Å². The smallest absolute Gasteiger partial charge is 0.337 e. The van der Waals surface area contributed by atoms with Crippen molar-refractivity contribution in [2.75, 3.05) is 14.2 Å². The molecule has 2 aromatic carbocycles. The molecule has 0 saturated heterocycles. The summed E-state index contributed by atoms with van der Waals surface area (Å²) in [4.78, 5) is 29.3. The van der Waals surface area contributed by atoms with Crippen molar-refractivity contribution in [2.45, 2.75) is 26.8 Å². The largest absolute Gasteiger partial charge is 0.496 e. The van der Waals surface area contributed by atoms with Crippen molar-refractivity contribution < 1.29 is 19.1 Å². The third-order valence-corrected chi connectivity index (χ3v) is 5.46. The van der Waals surface area contributed by atoms with Crippen LogP contribution in [0.2, 0.25) is 0 Å². The Bertz CT molecular complexity index is 1110. The van der Waals surface area contributed by atoms with Crippen LogP contribution in [-0.4, -0.2) is 30.7 Å². The molecule has 0 aliphatic rings. The number of hydrogen-bond donors (Lipinski definition) is 0. The van der Waals surface area contributed by atoms with Crippen molar-refractivity contribution in [3.63, 3.8) is 0 Å². The van der Waals surface area contributed by atoms with Crippen LogP contribution in [0.1, 0.15) is 28.4 Å². The first-order chi connectivity index (χ1) is 13.5. The Balaban J connectivity index is 2.00. The van der Waals surface area contributed by atoms with E-state index in [4.69, 9.17) is 9.47 Å². The SMILES string of the molecule is CCn1c(=NC(=O)Cc2cc(C)ccc2OC)sc2cc(C(=O)OC)ccc21. The lowest BCUT2D eigenvalue weighted by Crippen LogP contribution is -2.16. The molecule has 1 aromatic heterocycles. The van der Waals surface area contributed by atoms with Crippen LogP contribution >= 0.6 is 11.3 Å². The quantitative estimate of drug-likeness (QED) is 0.617. The molecule has 3 aromatic rings. The first-order valence-corrected chi connectivity index (χ1v) is 9.71. The average molecular weight is 398 g/mol. The molecule has 1 heterocycles. The lowest BCUT2D eigenvalue weighted by atomic mass is 10.1. The van der Waals surface area contributed by atoms with Gasteiger partial charge in [0.2, 0.25) is 0 Å². The zero-order valence-electron chi connectivity index (χ0n) is 16.3. The van der Waals surface area contributed by atoms with E-state index in [9.17, 15) is 9.59 Å². The summed E-state index contributed by atoms with van der Waals surface area (Å²) in [5, 5.41) is 0. The van der Waals surface area contributed by atoms with E-state index in [0.717, 1.165) is 21.3 Å².